The van der Waals surface area contributed by atoms with Crippen molar-refractivity contribution in [2.24, 2.45) is 0 Å². The first-order chi connectivity index (χ1) is 8.52. The lowest BCUT2D eigenvalue weighted by atomic mass is 10.3. The number of aromatic nitrogens is 2. The van der Waals surface area contributed by atoms with Crippen LogP contribution >= 0.6 is 11.6 Å². The molecule has 18 heavy (non-hydrogen) atoms. The molecule has 0 atom stereocenters. The van der Waals surface area contributed by atoms with Gasteiger partial charge in [0.15, 0.2) is 0 Å². The lowest BCUT2D eigenvalue weighted by Gasteiger charge is -2.06. The van der Waals surface area contributed by atoms with Gasteiger partial charge in [-0.2, -0.15) is 0 Å². The van der Waals surface area contributed by atoms with E-state index in [1.54, 1.807) is 6.92 Å². The normalized spacial score (nSPS) is 10.8. The Morgan fingerprint density at radius 1 is 1.61 bits per heavy atom. The SMILES string of the molecule is CCOC(=O)Cn1c(N)nc2cc(Cl)c(F)cc21. The summed E-state index contributed by atoms with van der Waals surface area (Å²) >= 11 is 5.65. The average Bonchev–Trinajstić information content (AvgIpc) is 2.57. The Hall–Kier alpha value is -1.82. The van der Waals surface area contributed by atoms with Gasteiger partial charge in [-0.15, -0.1) is 0 Å². The van der Waals surface area contributed by atoms with Crippen LogP contribution in [-0.4, -0.2) is 22.1 Å². The maximum atomic E-state index is 13.4. The molecule has 0 saturated heterocycles. The number of nitrogens with zero attached hydrogens (tertiary/aromatic N) is 2. The highest BCUT2D eigenvalue weighted by molar-refractivity contribution is 6.31. The molecule has 0 aliphatic rings. The molecule has 2 N–H and O–H groups in total. The van der Waals surface area contributed by atoms with Crippen LogP contribution in [0.15, 0.2) is 12.1 Å². The van der Waals surface area contributed by atoms with Gasteiger partial charge in [-0.05, 0) is 13.0 Å². The van der Waals surface area contributed by atoms with Crippen LogP contribution in [0.25, 0.3) is 11.0 Å². The second-order valence-corrected chi connectivity index (χ2v) is 4.02. The molecule has 96 valence electrons. The molecule has 1 heterocycles. The van der Waals surface area contributed by atoms with Gasteiger partial charge in [0.2, 0.25) is 5.95 Å². The predicted octanol–water partition coefficient (Wildman–Crippen LogP) is 1.97. The number of carbonyl (C=O) groups excluding carboxylic acids is 1. The molecule has 2 rings (SSSR count). The van der Waals surface area contributed by atoms with Gasteiger partial charge in [0.25, 0.3) is 0 Å². The minimum atomic E-state index is -0.589. The van der Waals surface area contributed by atoms with Crippen molar-refractivity contribution in [1.82, 2.24) is 9.55 Å². The third-order valence-corrected chi connectivity index (χ3v) is 2.70. The van der Waals surface area contributed by atoms with Gasteiger partial charge in [-0.3, -0.25) is 9.36 Å². The van der Waals surface area contributed by atoms with Crippen LogP contribution < -0.4 is 5.73 Å². The van der Waals surface area contributed by atoms with E-state index in [1.807, 2.05) is 0 Å². The van der Waals surface area contributed by atoms with Crippen LogP contribution in [-0.2, 0) is 16.1 Å². The Labute approximate surface area is 107 Å². The minimum absolute atomic E-state index is 0.0386. The molecule has 7 heteroatoms. The van der Waals surface area contributed by atoms with Crippen molar-refractivity contribution in [2.75, 3.05) is 12.3 Å². The number of nitrogen functional groups attached to an aromatic ring is 1. The van der Waals surface area contributed by atoms with Crippen molar-refractivity contribution in [3.05, 3.63) is 23.0 Å². The Balaban J connectivity index is 2.46. The summed E-state index contributed by atoms with van der Waals surface area (Å²) in [5.74, 6) is -0.937. The number of imidazole rings is 1. The molecule has 0 unspecified atom stereocenters. The number of anilines is 1. The fourth-order valence-electron chi connectivity index (χ4n) is 1.64. The lowest BCUT2D eigenvalue weighted by Crippen LogP contribution is -2.15. The smallest absolute Gasteiger partial charge is 0.326 e. The zero-order valence-electron chi connectivity index (χ0n) is 9.61. The Morgan fingerprint density at radius 3 is 3.00 bits per heavy atom. The summed E-state index contributed by atoms with van der Waals surface area (Å²) < 4.78 is 19.6. The zero-order chi connectivity index (χ0) is 13.3. The first kappa shape index (κ1) is 12.6. The maximum Gasteiger partial charge on any atom is 0.326 e. The third-order valence-electron chi connectivity index (χ3n) is 2.41. The summed E-state index contributed by atoms with van der Waals surface area (Å²) in [4.78, 5) is 15.4. The summed E-state index contributed by atoms with van der Waals surface area (Å²) in [6, 6.07) is 2.56. The summed E-state index contributed by atoms with van der Waals surface area (Å²) in [7, 11) is 0. The third kappa shape index (κ3) is 2.24. The van der Waals surface area contributed by atoms with E-state index in [0.29, 0.717) is 11.0 Å². The van der Waals surface area contributed by atoms with Crippen LogP contribution in [0.3, 0.4) is 0 Å². The largest absolute Gasteiger partial charge is 0.465 e. The standard InChI is InChI=1S/C11H11ClFN3O2/c1-2-18-10(17)5-16-9-4-7(13)6(12)3-8(9)15-11(16)14/h3-4H,2,5H2,1H3,(H2,14,15). The van der Waals surface area contributed by atoms with Crippen molar-refractivity contribution in [1.29, 1.82) is 0 Å². The van der Waals surface area contributed by atoms with Crippen LogP contribution in [0.5, 0.6) is 0 Å². The van der Waals surface area contributed by atoms with Gasteiger partial charge < -0.3 is 10.5 Å². The van der Waals surface area contributed by atoms with Gasteiger partial charge in [0.05, 0.1) is 22.7 Å². The molecular weight excluding hydrogens is 261 g/mol. The summed E-state index contributed by atoms with van der Waals surface area (Å²) in [5.41, 5.74) is 6.52. The Kier molecular flexibility index (Phi) is 3.38. The second kappa shape index (κ2) is 4.81. The Morgan fingerprint density at radius 2 is 2.33 bits per heavy atom. The van der Waals surface area contributed by atoms with Gasteiger partial charge in [-0.25, -0.2) is 9.37 Å². The number of benzene rings is 1. The van der Waals surface area contributed by atoms with E-state index >= 15 is 0 Å². The van der Waals surface area contributed by atoms with Crippen molar-refractivity contribution in [2.45, 2.75) is 13.5 Å². The summed E-state index contributed by atoms with van der Waals surface area (Å²) in [6.45, 7) is 1.86. The van der Waals surface area contributed by atoms with E-state index < -0.39 is 11.8 Å². The summed E-state index contributed by atoms with van der Waals surface area (Å²) in [6.07, 6.45) is 0. The molecule has 0 bridgehead atoms. The highest BCUT2D eigenvalue weighted by atomic mass is 35.5. The molecule has 0 aliphatic heterocycles. The highest BCUT2D eigenvalue weighted by Crippen LogP contribution is 2.24. The van der Waals surface area contributed by atoms with E-state index in [0.717, 1.165) is 0 Å². The topological polar surface area (TPSA) is 70.1 Å². The quantitative estimate of drug-likeness (QED) is 0.867. The number of hydrogen-bond donors (Lipinski definition) is 1. The average molecular weight is 272 g/mol. The van der Waals surface area contributed by atoms with Crippen molar-refractivity contribution < 1.29 is 13.9 Å². The summed E-state index contributed by atoms with van der Waals surface area (Å²) in [5, 5.41) is -0.0386. The first-order valence-corrected chi connectivity index (χ1v) is 5.67. The molecule has 5 nitrogen and oxygen atoms in total. The lowest BCUT2D eigenvalue weighted by molar-refractivity contribution is -0.143. The van der Waals surface area contributed by atoms with E-state index in [2.05, 4.69) is 4.98 Å². The number of rotatable bonds is 3. The zero-order valence-corrected chi connectivity index (χ0v) is 10.4. The number of esters is 1. The van der Waals surface area contributed by atoms with Crippen molar-refractivity contribution >= 4 is 34.6 Å². The molecule has 0 aliphatic carbocycles. The van der Waals surface area contributed by atoms with Crippen molar-refractivity contribution in [3.8, 4) is 0 Å². The number of halogens is 2. The van der Waals surface area contributed by atoms with Crippen LogP contribution in [0.1, 0.15) is 6.92 Å². The van der Waals surface area contributed by atoms with Crippen LogP contribution in [0.4, 0.5) is 10.3 Å². The molecule has 1 aromatic heterocycles. The molecule has 0 fully saturated rings. The van der Waals surface area contributed by atoms with Gasteiger partial charge in [-0.1, -0.05) is 11.6 Å². The molecule has 1 aromatic carbocycles. The number of ether oxygens (including phenoxy) is 1. The fraction of sp³-hybridized carbons (Fsp3) is 0.273. The number of hydrogen-bond acceptors (Lipinski definition) is 4. The van der Waals surface area contributed by atoms with E-state index in [4.69, 9.17) is 22.1 Å². The van der Waals surface area contributed by atoms with Crippen LogP contribution in [0, 0.1) is 5.82 Å². The minimum Gasteiger partial charge on any atom is -0.465 e. The monoisotopic (exact) mass is 271 g/mol. The van der Waals surface area contributed by atoms with E-state index in [1.165, 1.54) is 16.7 Å². The fourth-order valence-corrected chi connectivity index (χ4v) is 1.80. The molecule has 0 radical (unpaired) electrons. The van der Waals surface area contributed by atoms with E-state index in [-0.39, 0.29) is 24.1 Å². The number of fused-ring (bicyclic) bond motifs is 1. The molecule has 0 saturated carbocycles. The number of nitrogens with two attached hydrogens (primary N) is 1. The van der Waals surface area contributed by atoms with E-state index in [9.17, 15) is 9.18 Å². The molecule has 0 spiro atoms. The first-order valence-electron chi connectivity index (χ1n) is 5.29. The second-order valence-electron chi connectivity index (χ2n) is 3.62. The van der Waals surface area contributed by atoms with Gasteiger partial charge >= 0.3 is 5.97 Å². The van der Waals surface area contributed by atoms with Crippen molar-refractivity contribution in [3.63, 3.8) is 0 Å². The predicted molar refractivity (Wildman–Crippen MR) is 65.7 cm³/mol. The maximum absolute atomic E-state index is 13.4. The number of carbonyl (C=O) groups is 1. The molecule has 0 amide bonds. The van der Waals surface area contributed by atoms with Crippen LogP contribution in [0.2, 0.25) is 5.02 Å². The Bertz CT molecular complexity index is 612. The molecule has 2 aromatic rings. The van der Waals surface area contributed by atoms with Gasteiger partial charge in [0.1, 0.15) is 12.4 Å². The van der Waals surface area contributed by atoms with Gasteiger partial charge in [0, 0.05) is 6.07 Å². The molecular formula is C11H11ClFN3O2. The highest BCUT2D eigenvalue weighted by Gasteiger charge is 2.14.